The minimum absolute atomic E-state index is 0.144. The highest BCUT2D eigenvalue weighted by Crippen LogP contribution is 2.19. The maximum absolute atomic E-state index is 11.7. The van der Waals surface area contributed by atoms with Gasteiger partial charge in [0.1, 0.15) is 0 Å². The predicted octanol–water partition coefficient (Wildman–Crippen LogP) is 1.29. The number of rotatable bonds is 3. The lowest BCUT2D eigenvalue weighted by molar-refractivity contribution is -0.129. The zero-order valence-electron chi connectivity index (χ0n) is 8.91. The molecule has 1 aliphatic rings. The van der Waals surface area contributed by atoms with Gasteiger partial charge in [0.25, 0.3) is 0 Å². The van der Waals surface area contributed by atoms with Crippen LogP contribution in [0.1, 0.15) is 32.6 Å². The van der Waals surface area contributed by atoms with Crippen LogP contribution in [-0.2, 0) is 4.79 Å². The fourth-order valence-electron chi connectivity index (χ4n) is 2.02. The van der Waals surface area contributed by atoms with E-state index in [4.69, 9.17) is 5.73 Å². The van der Waals surface area contributed by atoms with Crippen LogP contribution in [0.3, 0.4) is 0 Å². The Morgan fingerprint density at radius 3 is 3.00 bits per heavy atom. The van der Waals surface area contributed by atoms with Gasteiger partial charge in [-0.1, -0.05) is 6.08 Å². The third-order valence-electron chi connectivity index (χ3n) is 2.72. The Morgan fingerprint density at radius 2 is 2.36 bits per heavy atom. The van der Waals surface area contributed by atoms with Gasteiger partial charge in [0.2, 0.25) is 5.91 Å². The Balaban J connectivity index is 2.57. The number of carbonyl (C=O) groups is 1. The van der Waals surface area contributed by atoms with Gasteiger partial charge in [-0.2, -0.15) is 0 Å². The van der Waals surface area contributed by atoms with Crippen molar-refractivity contribution in [1.82, 2.24) is 4.90 Å². The normalized spacial score (nSPS) is 23.0. The molecule has 0 aromatic rings. The first-order valence-electron chi connectivity index (χ1n) is 5.43. The highest BCUT2D eigenvalue weighted by molar-refractivity contribution is 5.87. The number of nitrogens with zero attached hydrogens (tertiary/aromatic N) is 1. The lowest BCUT2D eigenvalue weighted by atomic mass is 9.99. The molecule has 0 aromatic carbocycles. The smallest absolute Gasteiger partial charge is 0.246 e. The van der Waals surface area contributed by atoms with Crippen molar-refractivity contribution in [2.75, 3.05) is 13.1 Å². The van der Waals surface area contributed by atoms with Gasteiger partial charge in [0.05, 0.1) is 0 Å². The second-order valence-electron chi connectivity index (χ2n) is 3.76. The number of hydrogen-bond donors (Lipinski definition) is 1. The van der Waals surface area contributed by atoms with Crippen molar-refractivity contribution >= 4 is 5.91 Å². The van der Waals surface area contributed by atoms with Crippen molar-refractivity contribution in [2.24, 2.45) is 5.73 Å². The molecule has 0 spiro atoms. The summed E-state index contributed by atoms with van der Waals surface area (Å²) in [5, 5.41) is 0. The fourth-order valence-corrected chi connectivity index (χ4v) is 2.02. The van der Waals surface area contributed by atoms with Gasteiger partial charge in [0.15, 0.2) is 0 Å². The van der Waals surface area contributed by atoms with E-state index in [-0.39, 0.29) is 5.91 Å². The molecule has 14 heavy (non-hydrogen) atoms. The summed E-state index contributed by atoms with van der Waals surface area (Å²) in [5.74, 6) is 0.144. The molecule has 0 saturated carbocycles. The van der Waals surface area contributed by atoms with Crippen LogP contribution in [-0.4, -0.2) is 29.9 Å². The Kier molecular flexibility index (Phi) is 4.66. The minimum Gasteiger partial charge on any atom is -0.336 e. The van der Waals surface area contributed by atoms with E-state index >= 15 is 0 Å². The Hall–Kier alpha value is -0.830. The number of allylic oxidation sites excluding steroid dienone is 1. The molecule has 3 nitrogen and oxygen atoms in total. The van der Waals surface area contributed by atoms with E-state index in [1.54, 1.807) is 12.2 Å². The average Bonchev–Trinajstić information content (AvgIpc) is 2.19. The molecule has 1 aliphatic heterocycles. The number of carbonyl (C=O) groups excluding carboxylic acids is 1. The first kappa shape index (κ1) is 11.2. The third-order valence-corrected chi connectivity index (χ3v) is 2.72. The number of hydrogen-bond acceptors (Lipinski definition) is 2. The maximum Gasteiger partial charge on any atom is 0.246 e. The van der Waals surface area contributed by atoms with Crippen molar-refractivity contribution in [1.29, 1.82) is 0 Å². The van der Waals surface area contributed by atoms with E-state index < -0.39 is 0 Å². The van der Waals surface area contributed by atoms with Gasteiger partial charge in [-0.3, -0.25) is 4.79 Å². The number of nitrogens with two attached hydrogens (primary N) is 1. The summed E-state index contributed by atoms with van der Waals surface area (Å²) in [7, 11) is 0. The summed E-state index contributed by atoms with van der Waals surface area (Å²) in [6.45, 7) is 3.44. The van der Waals surface area contributed by atoms with Gasteiger partial charge in [-0.15, -0.1) is 0 Å². The van der Waals surface area contributed by atoms with Crippen LogP contribution in [0.4, 0.5) is 0 Å². The molecule has 1 fully saturated rings. The van der Waals surface area contributed by atoms with Crippen LogP contribution in [0, 0.1) is 0 Å². The topological polar surface area (TPSA) is 46.3 Å². The molecule has 2 N–H and O–H groups in total. The quantitative estimate of drug-likeness (QED) is 0.691. The Labute approximate surface area is 86.0 Å². The van der Waals surface area contributed by atoms with Gasteiger partial charge >= 0.3 is 0 Å². The lowest BCUT2D eigenvalue weighted by Gasteiger charge is -2.35. The van der Waals surface area contributed by atoms with Gasteiger partial charge in [-0.25, -0.2) is 0 Å². The molecule has 1 unspecified atom stereocenters. The van der Waals surface area contributed by atoms with Crippen molar-refractivity contribution in [3.8, 4) is 0 Å². The van der Waals surface area contributed by atoms with E-state index in [9.17, 15) is 4.79 Å². The fraction of sp³-hybridized carbons (Fsp3) is 0.727. The van der Waals surface area contributed by atoms with E-state index in [2.05, 4.69) is 0 Å². The van der Waals surface area contributed by atoms with Crippen molar-refractivity contribution in [2.45, 2.75) is 38.6 Å². The lowest BCUT2D eigenvalue weighted by Crippen LogP contribution is -2.43. The Bertz CT molecular complexity index is 211. The monoisotopic (exact) mass is 196 g/mol. The summed E-state index contributed by atoms with van der Waals surface area (Å²) in [5.41, 5.74) is 5.54. The maximum atomic E-state index is 11.7. The van der Waals surface area contributed by atoms with E-state index in [0.717, 1.165) is 25.8 Å². The molecular formula is C11H20N2O. The number of likely N-dealkylation sites (tertiary alicyclic amines) is 1. The third kappa shape index (κ3) is 2.84. The van der Waals surface area contributed by atoms with Gasteiger partial charge < -0.3 is 10.6 Å². The van der Waals surface area contributed by atoms with E-state index in [1.807, 2.05) is 11.8 Å². The van der Waals surface area contributed by atoms with E-state index in [1.165, 1.54) is 6.42 Å². The molecule has 0 aromatic heterocycles. The van der Waals surface area contributed by atoms with Gasteiger partial charge in [0, 0.05) is 12.6 Å². The largest absolute Gasteiger partial charge is 0.336 e. The van der Waals surface area contributed by atoms with Crippen LogP contribution >= 0.6 is 0 Å². The second kappa shape index (κ2) is 5.81. The summed E-state index contributed by atoms with van der Waals surface area (Å²) >= 11 is 0. The SMILES string of the molecule is CC=CC(=O)N1CCCCC1CCN. The predicted molar refractivity (Wildman–Crippen MR) is 57.8 cm³/mol. The molecule has 1 rings (SSSR count). The first-order chi connectivity index (χ1) is 6.79. The summed E-state index contributed by atoms with van der Waals surface area (Å²) in [6, 6.07) is 0.373. The van der Waals surface area contributed by atoms with E-state index in [0.29, 0.717) is 12.6 Å². The summed E-state index contributed by atoms with van der Waals surface area (Å²) in [6.07, 6.45) is 7.85. The summed E-state index contributed by atoms with van der Waals surface area (Å²) in [4.78, 5) is 13.7. The molecule has 1 saturated heterocycles. The number of piperidine rings is 1. The molecule has 0 bridgehead atoms. The molecule has 0 radical (unpaired) electrons. The second-order valence-corrected chi connectivity index (χ2v) is 3.76. The summed E-state index contributed by atoms with van der Waals surface area (Å²) < 4.78 is 0. The van der Waals surface area contributed by atoms with Crippen LogP contribution in [0.15, 0.2) is 12.2 Å². The molecule has 3 heteroatoms. The van der Waals surface area contributed by atoms with Crippen molar-refractivity contribution in [3.63, 3.8) is 0 Å². The van der Waals surface area contributed by atoms with Crippen LogP contribution < -0.4 is 5.73 Å². The highest BCUT2D eigenvalue weighted by Gasteiger charge is 2.24. The van der Waals surface area contributed by atoms with Crippen molar-refractivity contribution < 1.29 is 4.79 Å². The van der Waals surface area contributed by atoms with Crippen LogP contribution in [0.2, 0.25) is 0 Å². The number of amides is 1. The van der Waals surface area contributed by atoms with Crippen molar-refractivity contribution in [3.05, 3.63) is 12.2 Å². The molecular weight excluding hydrogens is 176 g/mol. The molecule has 1 atom stereocenters. The molecule has 0 aliphatic carbocycles. The molecule has 1 heterocycles. The van der Waals surface area contributed by atoms with Crippen LogP contribution in [0.25, 0.3) is 0 Å². The molecule has 80 valence electrons. The minimum atomic E-state index is 0.144. The highest BCUT2D eigenvalue weighted by atomic mass is 16.2. The zero-order valence-corrected chi connectivity index (χ0v) is 8.91. The standard InChI is InChI=1S/C11H20N2O/c1-2-5-11(14)13-9-4-3-6-10(13)7-8-12/h2,5,10H,3-4,6-9,12H2,1H3. The van der Waals surface area contributed by atoms with Gasteiger partial charge in [-0.05, 0) is 45.2 Å². The van der Waals surface area contributed by atoms with Crippen LogP contribution in [0.5, 0.6) is 0 Å². The first-order valence-corrected chi connectivity index (χ1v) is 5.43. The molecule has 1 amide bonds. The average molecular weight is 196 g/mol. The zero-order chi connectivity index (χ0) is 10.4. The Morgan fingerprint density at radius 1 is 1.57 bits per heavy atom.